The predicted molar refractivity (Wildman–Crippen MR) is 89.2 cm³/mol. The number of hydrogen-bond acceptors (Lipinski definition) is 2. The maximum absolute atomic E-state index is 12.4. The van der Waals surface area contributed by atoms with E-state index in [0.29, 0.717) is 17.2 Å². The van der Waals surface area contributed by atoms with Crippen molar-refractivity contribution >= 4 is 17.5 Å². The molecule has 0 radical (unpaired) electrons. The van der Waals surface area contributed by atoms with Gasteiger partial charge in [0, 0.05) is 0 Å². The summed E-state index contributed by atoms with van der Waals surface area (Å²) in [7, 11) is 0. The van der Waals surface area contributed by atoms with E-state index in [0.717, 1.165) is 5.56 Å². The van der Waals surface area contributed by atoms with Crippen LogP contribution in [0.4, 0.5) is 0 Å². The lowest BCUT2D eigenvalue weighted by Crippen LogP contribution is -2.39. The van der Waals surface area contributed by atoms with Gasteiger partial charge in [0.2, 0.25) is 0 Å². The van der Waals surface area contributed by atoms with Crippen LogP contribution in [0.15, 0.2) is 54.6 Å². The van der Waals surface area contributed by atoms with Gasteiger partial charge < -0.3 is 10.1 Å². The first-order valence-corrected chi connectivity index (χ1v) is 7.76. The molecular weight excluding hydrogens is 298 g/mol. The second-order valence-corrected chi connectivity index (χ2v) is 5.49. The number of benzene rings is 2. The van der Waals surface area contributed by atoms with Crippen molar-refractivity contribution in [2.24, 2.45) is 0 Å². The highest BCUT2D eigenvalue weighted by atomic mass is 35.5. The normalized spacial score (nSPS) is 13.2. The summed E-state index contributed by atoms with van der Waals surface area (Å²) in [6.45, 7) is 3.86. The molecule has 116 valence electrons. The fraction of sp³-hybridized carbons (Fsp3) is 0.278. The SMILES string of the molecule is CC[C@@H](Oc1ccccc1Cl)C(=O)N[C@H](C)c1ccccc1. The lowest BCUT2D eigenvalue weighted by molar-refractivity contribution is -0.128. The van der Waals surface area contributed by atoms with Gasteiger partial charge in [-0.25, -0.2) is 0 Å². The van der Waals surface area contributed by atoms with Crippen molar-refractivity contribution in [3.63, 3.8) is 0 Å². The Bertz CT molecular complexity index is 615. The minimum absolute atomic E-state index is 0.0717. The zero-order valence-corrected chi connectivity index (χ0v) is 13.5. The molecule has 1 amide bonds. The lowest BCUT2D eigenvalue weighted by Gasteiger charge is -2.21. The molecule has 0 saturated carbocycles. The third kappa shape index (κ3) is 4.25. The van der Waals surface area contributed by atoms with Crippen LogP contribution in [-0.2, 0) is 4.79 Å². The summed E-state index contributed by atoms with van der Waals surface area (Å²) in [4.78, 5) is 12.4. The van der Waals surface area contributed by atoms with Gasteiger partial charge in [-0.3, -0.25) is 4.79 Å². The average molecular weight is 318 g/mol. The van der Waals surface area contributed by atoms with Crippen LogP contribution < -0.4 is 10.1 Å². The van der Waals surface area contributed by atoms with Crippen LogP contribution in [0.5, 0.6) is 5.75 Å². The van der Waals surface area contributed by atoms with E-state index in [4.69, 9.17) is 16.3 Å². The highest BCUT2D eigenvalue weighted by Gasteiger charge is 2.21. The number of carbonyl (C=O) groups is 1. The van der Waals surface area contributed by atoms with Crippen LogP contribution in [0.2, 0.25) is 5.02 Å². The Kier molecular flexibility index (Phi) is 5.84. The van der Waals surface area contributed by atoms with Gasteiger partial charge in [-0.1, -0.05) is 61.0 Å². The predicted octanol–water partition coefficient (Wildman–Crippen LogP) is 4.37. The molecule has 0 aliphatic rings. The molecular formula is C18H20ClNO2. The minimum atomic E-state index is -0.564. The van der Waals surface area contributed by atoms with Crippen LogP contribution in [0.3, 0.4) is 0 Å². The zero-order chi connectivity index (χ0) is 15.9. The summed E-state index contributed by atoms with van der Waals surface area (Å²) in [6.07, 6.45) is 0.00419. The van der Waals surface area contributed by atoms with E-state index in [9.17, 15) is 4.79 Å². The van der Waals surface area contributed by atoms with Crippen LogP contribution >= 0.6 is 11.6 Å². The Hall–Kier alpha value is -2.00. The molecule has 22 heavy (non-hydrogen) atoms. The van der Waals surface area contributed by atoms with Crippen molar-refractivity contribution in [2.75, 3.05) is 0 Å². The molecule has 4 heteroatoms. The number of halogens is 1. The number of amides is 1. The molecule has 0 spiro atoms. The van der Waals surface area contributed by atoms with Crippen molar-refractivity contribution in [3.05, 3.63) is 65.2 Å². The number of ether oxygens (including phenoxy) is 1. The minimum Gasteiger partial charge on any atom is -0.479 e. The number of rotatable bonds is 6. The summed E-state index contributed by atoms with van der Waals surface area (Å²) >= 11 is 6.07. The Morgan fingerprint density at radius 2 is 1.77 bits per heavy atom. The van der Waals surface area contributed by atoms with E-state index in [1.54, 1.807) is 12.1 Å². The van der Waals surface area contributed by atoms with E-state index in [1.165, 1.54) is 0 Å². The first-order valence-electron chi connectivity index (χ1n) is 7.38. The van der Waals surface area contributed by atoms with Crippen molar-refractivity contribution in [3.8, 4) is 5.75 Å². The molecule has 3 nitrogen and oxygen atoms in total. The quantitative estimate of drug-likeness (QED) is 0.859. The second-order valence-electron chi connectivity index (χ2n) is 5.09. The Morgan fingerprint density at radius 1 is 1.14 bits per heavy atom. The van der Waals surface area contributed by atoms with E-state index in [2.05, 4.69) is 5.32 Å². The largest absolute Gasteiger partial charge is 0.479 e. The highest BCUT2D eigenvalue weighted by Crippen LogP contribution is 2.25. The maximum atomic E-state index is 12.4. The number of carbonyl (C=O) groups excluding carboxylic acids is 1. The second kappa shape index (κ2) is 7.85. The number of para-hydroxylation sites is 1. The monoisotopic (exact) mass is 317 g/mol. The molecule has 0 saturated heterocycles. The molecule has 1 N–H and O–H groups in total. The molecule has 0 aliphatic heterocycles. The van der Waals surface area contributed by atoms with Gasteiger partial charge in [-0.05, 0) is 31.0 Å². The maximum Gasteiger partial charge on any atom is 0.261 e. The van der Waals surface area contributed by atoms with Gasteiger partial charge in [0.15, 0.2) is 6.10 Å². The Labute approximate surface area is 136 Å². The number of hydrogen-bond donors (Lipinski definition) is 1. The van der Waals surface area contributed by atoms with Crippen molar-refractivity contribution in [2.45, 2.75) is 32.4 Å². The van der Waals surface area contributed by atoms with E-state index in [1.807, 2.05) is 56.3 Å². The Balaban J connectivity index is 2.02. The molecule has 0 fully saturated rings. The molecule has 0 unspecified atom stereocenters. The van der Waals surface area contributed by atoms with Gasteiger partial charge in [0.1, 0.15) is 5.75 Å². The summed E-state index contributed by atoms with van der Waals surface area (Å²) in [5, 5.41) is 3.48. The lowest BCUT2D eigenvalue weighted by atomic mass is 10.1. The average Bonchev–Trinajstić information content (AvgIpc) is 2.54. The molecule has 2 atom stereocenters. The molecule has 0 aromatic heterocycles. The third-order valence-electron chi connectivity index (χ3n) is 3.43. The van der Waals surface area contributed by atoms with Crippen molar-refractivity contribution < 1.29 is 9.53 Å². The van der Waals surface area contributed by atoms with Crippen LogP contribution in [-0.4, -0.2) is 12.0 Å². The molecule has 0 bridgehead atoms. The standard InChI is InChI=1S/C18H20ClNO2/c1-3-16(22-17-12-8-7-11-15(17)19)18(21)20-13(2)14-9-5-4-6-10-14/h4-13,16H,3H2,1-2H3,(H,20,21)/t13-,16-/m1/s1. The van der Waals surface area contributed by atoms with Crippen LogP contribution in [0, 0.1) is 0 Å². The van der Waals surface area contributed by atoms with E-state index in [-0.39, 0.29) is 11.9 Å². The van der Waals surface area contributed by atoms with Gasteiger partial charge in [0.05, 0.1) is 11.1 Å². The van der Waals surface area contributed by atoms with Gasteiger partial charge in [0.25, 0.3) is 5.91 Å². The fourth-order valence-corrected chi connectivity index (χ4v) is 2.33. The molecule has 2 aromatic rings. The van der Waals surface area contributed by atoms with E-state index < -0.39 is 6.10 Å². The summed E-state index contributed by atoms with van der Waals surface area (Å²) in [5.41, 5.74) is 1.06. The first kappa shape index (κ1) is 16.4. The van der Waals surface area contributed by atoms with Gasteiger partial charge in [-0.15, -0.1) is 0 Å². The first-order chi connectivity index (χ1) is 10.6. The summed E-state index contributed by atoms with van der Waals surface area (Å²) in [5.74, 6) is 0.386. The molecule has 0 aliphatic carbocycles. The van der Waals surface area contributed by atoms with Gasteiger partial charge >= 0.3 is 0 Å². The van der Waals surface area contributed by atoms with Crippen LogP contribution in [0.25, 0.3) is 0 Å². The third-order valence-corrected chi connectivity index (χ3v) is 3.74. The number of nitrogens with one attached hydrogen (secondary N) is 1. The smallest absolute Gasteiger partial charge is 0.261 e. The summed E-state index contributed by atoms with van der Waals surface area (Å²) < 4.78 is 5.75. The highest BCUT2D eigenvalue weighted by molar-refractivity contribution is 6.32. The van der Waals surface area contributed by atoms with Crippen molar-refractivity contribution in [1.29, 1.82) is 0 Å². The molecule has 0 heterocycles. The van der Waals surface area contributed by atoms with Crippen molar-refractivity contribution in [1.82, 2.24) is 5.32 Å². The van der Waals surface area contributed by atoms with E-state index >= 15 is 0 Å². The molecule has 2 rings (SSSR count). The topological polar surface area (TPSA) is 38.3 Å². The van der Waals surface area contributed by atoms with Crippen LogP contribution in [0.1, 0.15) is 31.9 Å². The summed E-state index contributed by atoms with van der Waals surface area (Å²) in [6, 6.07) is 16.9. The Morgan fingerprint density at radius 3 is 2.41 bits per heavy atom. The molecule has 2 aromatic carbocycles. The zero-order valence-electron chi connectivity index (χ0n) is 12.8. The fourth-order valence-electron chi connectivity index (χ4n) is 2.15. The van der Waals surface area contributed by atoms with Gasteiger partial charge in [-0.2, -0.15) is 0 Å².